The number of carbonyl (C=O) groups excluding carboxylic acids is 2. The van der Waals surface area contributed by atoms with Crippen LogP contribution >= 0.6 is 0 Å². The van der Waals surface area contributed by atoms with Crippen LogP contribution < -0.4 is 0 Å². The van der Waals surface area contributed by atoms with Gasteiger partial charge in [0.05, 0.1) is 11.3 Å². The molecule has 9 nitrogen and oxygen atoms in total. The van der Waals surface area contributed by atoms with E-state index < -0.39 is 0 Å². The van der Waals surface area contributed by atoms with Crippen molar-refractivity contribution in [2.24, 2.45) is 12.0 Å². The molecule has 5 rings (SSSR count). The largest absolute Gasteiger partial charge is 0.494 e. The van der Waals surface area contributed by atoms with E-state index in [0.29, 0.717) is 39.1 Å². The Morgan fingerprint density at radius 2 is 1.89 bits per heavy atom. The van der Waals surface area contributed by atoms with E-state index in [1.54, 1.807) is 60.3 Å². The number of nitrogens with zero attached hydrogens (tertiary/aromatic N) is 4. The van der Waals surface area contributed by atoms with E-state index >= 15 is 0 Å². The van der Waals surface area contributed by atoms with Gasteiger partial charge in [0.2, 0.25) is 0 Å². The topological polar surface area (TPSA) is 129 Å². The Balaban J connectivity index is 1.42. The highest BCUT2D eigenvalue weighted by molar-refractivity contribution is 6.12. The van der Waals surface area contributed by atoms with Crippen molar-refractivity contribution in [1.29, 1.82) is 0 Å². The molecule has 3 heterocycles. The van der Waals surface area contributed by atoms with Crippen LogP contribution in [0.15, 0.2) is 59.6 Å². The highest BCUT2D eigenvalue weighted by atomic mass is 16.3. The normalized spacial score (nSPS) is 11.5. The summed E-state index contributed by atoms with van der Waals surface area (Å²) in [7, 11) is 1.74. The lowest BCUT2D eigenvalue weighted by Crippen LogP contribution is -2.10. The Morgan fingerprint density at radius 3 is 2.61 bits per heavy atom. The second kappa shape index (κ2) is 9.10. The van der Waals surface area contributed by atoms with Crippen molar-refractivity contribution < 1.29 is 14.7 Å². The van der Waals surface area contributed by atoms with E-state index in [0.717, 1.165) is 17.0 Å². The molecule has 2 aromatic carbocycles. The molecule has 0 saturated carbocycles. The van der Waals surface area contributed by atoms with Gasteiger partial charge in [0, 0.05) is 53.5 Å². The van der Waals surface area contributed by atoms with E-state index in [-0.39, 0.29) is 23.9 Å². The molecule has 36 heavy (non-hydrogen) atoms. The molecule has 0 unspecified atom stereocenters. The van der Waals surface area contributed by atoms with Gasteiger partial charge in [-0.15, -0.1) is 0 Å². The van der Waals surface area contributed by atoms with Gasteiger partial charge in [-0.2, -0.15) is 10.2 Å². The fourth-order valence-electron chi connectivity index (χ4n) is 4.21. The van der Waals surface area contributed by atoms with Gasteiger partial charge < -0.3 is 10.1 Å². The quantitative estimate of drug-likeness (QED) is 0.236. The van der Waals surface area contributed by atoms with Crippen molar-refractivity contribution in [2.45, 2.75) is 20.3 Å². The molecule has 0 aliphatic carbocycles. The summed E-state index contributed by atoms with van der Waals surface area (Å²) >= 11 is 0. The van der Waals surface area contributed by atoms with Crippen LogP contribution in [-0.4, -0.2) is 47.8 Å². The van der Waals surface area contributed by atoms with E-state index in [9.17, 15) is 14.7 Å². The number of aromatic amines is 2. The minimum Gasteiger partial charge on any atom is -0.494 e. The number of aryl methyl sites for hydroxylation is 3. The highest BCUT2D eigenvalue weighted by Gasteiger charge is 2.17. The average molecular weight is 481 g/mol. The van der Waals surface area contributed by atoms with Crippen molar-refractivity contribution >= 4 is 34.5 Å². The van der Waals surface area contributed by atoms with Crippen molar-refractivity contribution in [2.75, 3.05) is 0 Å². The first-order valence-electron chi connectivity index (χ1n) is 11.4. The molecule has 0 saturated heterocycles. The van der Waals surface area contributed by atoms with Gasteiger partial charge in [-0.25, -0.2) is 4.99 Å². The number of Topliss-reactive ketones (excluding diaryl/α,β-unsaturated/α-hetero) is 1. The summed E-state index contributed by atoms with van der Waals surface area (Å²) in [6.45, 7) is 3.71. The molecule has 5 aromatic rings. The van der Waals surface area contributed by atoms with Gasteiger partial charge in [-0.3, -0.25) is 19.4 Å². The average Bonchev–Trinajstić information content (AvgIpc) is 3.52. The number of carbonyl (C=O) groups is 2. The van der Waals surface area contributed by atoms with Crippen LogP contribution in [0, 0.1) is 13.8 Å². The monoisotopic (exact) mass is 480 g/mol. The summed E-state index contributed by atoms with van der Waals surface area (Å²) in [6.07, 6.45) is 1.68. The number of hydrogen-bond donors (Lipinski definition) is 3. The molecule has 0 fully saturated rings. The molecule has 9 heteroatoms. The van der Waals surface area contributed by atoms with Crippen LogP contribution in [0.2, 0.25) is 0 Å². The Kier molecular flexibility index (Phi) is 5.81. The highest BCUT2D eigenvalue weighted by Crippen LogP contribution is 2.28. The number of aliphatic imine (C=N–C) groups is 1. The van der Waals surface area contributed by atoms with Crippen molar-refractivity contribution in [3.8, 4) is 5.88 Å². The second-order valence-electron chi connectivity index (χ2n) is 8.74. The summed E-state index contributed by atoms with van der Waals surface area (Å²) in [5.74, 6) is 0.190. The molecule has 0 atom stereocenters. The van der Waals surface area contributed by atoms with Crippen LogP contribution in [0.25, 0.3) is 10.9 Å². The second-order valence-corrected chi connectivity index (χ2v) is 8.74. The molecular formula is C27H24N6O3. The smallest absolute Gasteiger partial charge is 0.198 e. The number of H-pyrrole nitrogens is 2. The summed E-state index contributed by atoms with van der Waals surface area (Å²) in [5, 5.41) is 22.2. The zero-order valence-electron chi connectivity index (χ0n) is 20.0. The Morgan fingerprint density at radius 1 is 1.08 bits per heavy atom. The number of ketones is 2. The van der Waals surface area contributed by atoms with Crippen molar-refractivity contribution in [1.82, 2.24) is 25.0 Å². The lowest BCUT2D eigenvalue weighted by Gasteiger charge is -2.06. The van der Waals surface area contributed by atoms with Gasteiger partial charge in [-0.05, 0) is 49.7 Å². The van der Waals surface area contributed by atoms with Crippen LogP contribution in [-0.2, 0) is 13.5 Å². The van der Waals surface area contributed by atoms with Gasteiger partial charge in [0.1, 0.15) is 5.69 Å². The fourth-order valence-corrected chi connectivity index (χ4v) is 4.21. The van der Waals surface area contributed by atoms with Crippen LogP contribution in [0.3, 0.4) is 0 Å². The Labute approximate surface area is 206 Å². The molecule has 0 bridgehead atoms. The van der Waals surface area contributed by atoms with Gasteiger partial charge in [0.15, 0.2) is 23.3 Å². The van der Waals surface area contributed by atoms with Gasteiger partial charge in [-0.1, -0.05) is 18.2 Å². The van der Waals surface area contributed by atoms with Crippen LogP contribution in [0.4, 0.5) is 5.82 Å². The molecule has 0 aliphatic rings. The summed E-state index contributed by atoms with van der Waals surface area (Å²) in [5.41, 5.74) is 4.99. The minimum absolute atomic E-state index is 0.0449. The van der Waals surface area contributed by atoms with Crippen LogP contribution in [0.5, 0.6) is 5.88 Å². The van der Waals surface area contributed by atoms with Gasteiger partial charge in [0.25, 0.3) is 0 Å². The minimum atomic E-state index is -0.186. The number of aromatic hydroxyl groups is 1. The molecule has 0 radical (unpaired) electrons. The third-order valence-electron chi connectivity index (χ3n) is 5.94. The van der Waals surface area contributed by atoms with E-state index in [2.05, 4.69) is 25.3 Å². The number of fused-ring (bicyclic) bond motifs is 1. The van der Waals surface area contributed by atoms with Crippen molar-refractivity contribution in [3.05, 3.63) is 93.9 Å². The number of rotatable bonds is 7. The molecule has 0 amide bonds. The standard InChI is InChI=1S/C27H24N6O3/c1-15-10-25(31-30-15)28-14-21-20-13-19(7-8-22(20)29-27(21)36)26(35)18-6-4-5-17(11-18)12-24(34)23-9-16(2)32-33(23)3/h4-11,13-14,29,36H,12H2,1-3H3,(H,30,31). The third kappa shape index (κ3) is 4.46. The molecular weight excluding hydrogens is 456 g/mol. The molecule has 3 aromatic heterocycles. The first kappa shape index (κ1) is 23.0. The number of aromatic nitrogens is 5. The first-order chi connectivity index (χ1) is 17.3. The lowest BCUT2D eigenvalue weighted by molar-refractivity contribution is 0.0981. The maximum Gasteiger partial charge on any atom is 0.198 e. The van der Waals surface area contributed by atoms with E-state index in [1.165, 1.54) is 6.21 Å². The number of nitrogens with one attached hydrogen (secondary N) is 2. The number of hydrogen-bond acceptors (Lipinski definition) is 6. The predicted octanol–water partition coefficient (Wildman–Crippen LogP) is 4.35. The van der Waals surface area contributed by atoms with E-state index in [4.69, 9.17) is 0 Å². The number of benzene rings is 2. The summed E-state index contributed by atoms with van der Waals surface area (Å²) in [4.78, 5) is 33.3. The predicted molar refractivity (Wildman–Crippen MR) is 136 cm³/mol. The lowest BCUT2D eigenvalue weighted by atomic mass is 9.97. The maximum absolute atomic E-state index is 13.3. The van der Waals surface area contributed by atoms with Crippen LogP contribution in [0.1, 0.15) is 48.9 Å². The zero-order valence-corrected chi connectivity index (χ0v) is 20.0. The third-order valence-corrected chi connectivity index (χ3v) is 5.94. The van der Waals surface area contributed by atoms with Gasteiger partial charge >= 0.3 is 0 Å². The SMILES string of the molecule is Cc1cc(C(=O)Cc2cccc(C(=O)c3ccc4[nH]c(O)c(C=Nc5cc(C)[nH]n5)c4c3)c2)n(C)n1. The summed E-state index contributed by atoms with van der Waals surface area (Å²) < 4.78 is 1.57. The maximum atomic E-state index is 13.3. The Bertz CT molecular complexity index is 1650. The zero-order chi connectivity index (χ0) is 25.4. The fraction of sp³-hybridized carbons (Fsp3) is 0.148. The molecule has 0 spiro atoms. The molecule has 3 N–H and O–H groups in total. The molecule has 0 aliphatic heterocycles. The molecule has 180 valence electrons. The van der Waals surface area contributed by atoms with Crippen molar-refractivity contribution in [3.63, 3.8) is 0 Å². The summed E-state index contributed by atoms with van der Waals surface area (Å²) in [6, 6.07) is 15.8. The van der Waals surface area contributed by atoms with E-state index in [1.807, 2.05) is 19.9 Å². The first-order valence-corrected chi connectivity index (χ1v) is 11.4. The Hall–Kier alpha value is -4.79.